The van der Waals surface area contributed by atoms with E-state index in [2.05, 4.69) is 10.6 Å². The van der Waals surface area contributed by atoms with Crippen LogP contribution in [0.5, 0.6) is 0 Å². The zero-order valence-electron chi connectivity index (χ0n) is 13.1. The molecule has 2 N–H and O–H groups in total. The molecule has 2 aliphatic heterocycles. The Labute approximate surface area is 150 Å². The van der Waals surface area contributed by atoms with E-state index in [9.17, 15) is 9.59 Å². The lowest BCUT2D eigenvalue weighted by molar-refractivity contribution is -0.148. The molecule has 2 unspecified atom stereocenters. The smallest absolute Gasteiger partial charge is 0.253 e. The molecule has 2 heterocycles. The van der Waals surface area contributed by atoms with E-state index in [0.717, 1.165) is 13.0 Å². The predicted molar refractivity (Wildman–Crippen MR) is 92.4 cm³/mol. The number of nitrogens with one attached hydrogen (secondary N) is 2. The molecule has 6 nitrogen and oxygen atoms in total. The molecule has 1 aromatic rings. The SMILES string of the molecule is O=C(Nc1cc(Cl)cc(Cl)c1)C1CCCN1C(=O)C1CNCCO1. The van der Waals surface area contributed by atoms with Gasteiger partial charge in [0.25, 0.3) is 5.91 Å². The highest BCUT2D eigenvalue weighted by atomic mass is 35.5. The highest BCUT2D eigenvalue weighted by Gasteiger charge is 2.38. The van der Waals surface area contributed by atoms with Crippen molar-refractivity contribution in [3.05, 3.63) is 28.2 Å². The van der Waals surface area contributed by atoms with Gasteiger partial charge in [-0.2, -0.15) is 0 Å². The molecule has 2 atom stereocenters. The van der Waals surface area contributed by atoms with E-state index in [-0.39, 0.29) is 11.8 Å². The van der Waals surface area contributed by atoms with E-state index < -0.39 is 12.1 Å². The Morgan fingerprint density at radius 2 is 2.00 bits per heavy atom. The van der Waals surface area contributed by atoms with Gasteiger partial charge in [-0.25, -0.2) is 0 Å². The van der Waals surface area contributed by atoms with Crippen molar-refractivity contribution in [2.75, 3.05) is 31.6 Å². The molecule has 8 heteroatoms. The van der Waals surface area contributed by atoms with Crippen LogP contribution < -0.4 is 10.6 Å². The fourth-order valence-electron chi connectivity index (χ4n) is 3.06. The number of carbonyl (C=O) groups is 2. The summed E-state index contributed by atoms with van der Waals surface area (Å²) >= 11 is 11.9. The second-order valence-corrected chi connectivity index (χ2v) is 6.77. The maximum atomic E-state index is 12.6. The third kappa shape index (κ3) is 4.00. The number of anilines is 1. The molecule has 2 fully saturated rings. The third-order valence-corrected chi connectivity index (χ3v) is 4.61. The highest BCUT2D eigenvalue weighted by Crippen LogP contribution is 2.25. The van der Waals surface area contributed by atoms with Crippen LogP contribution in [0.4, 0.5) is 5.69 Å². The van der Waals surface area contributed by atoms with Crippen molar-refractivity contribution < 1.29 is 14.3 Å². The van der Waals surface area contributed by atoms with E-state index in [1.54, 1.807) is 23.1 Å². The molecule has 0 spiro atoms. The van der Waals surface area contributed by atoms with E-state index in [4.69, 9.17) is 27.9 Å². The number of hydrogen-bond donors (Lipinski definition) is 2. The molecule has 130 valence electrons. The zero-order valence-corrected chi connectivity index (χ0v) is 14.6. The first-order valence-corrected chi connectivity index (χ1v) is 8.70. The van der Waals surface area contributed by atoms with Crippen LogP contribution in [-0.4, -0.2) is 55.1 Å². The molecule has 0 bridgehead atoms. The molecule has 1 aromatic carbocycles. The van der Waals surface area contributed by atoms with Crippen LogP contribution in [-0.2, 0) is 14.3 Å². The van der Waals surface area contributed by atoms with Gasteiger partial charge in [0, 0.05) is 35.4 Å². The third-order valence-electron chi connectivity index (χ3n) is 4.17. The number of hydrogen-bond acceptors (Lipinski definition) is 4. The lowest BCUT2D eigenvalue weighted by Gasteiger charge is -2.30. The average Bonchev–Trinajstić information content (AvgIpc) is 3.03. The van der Waals surface area contributed by atoms with Gasteiger partial charge in [0.1, 0.15) is 12.1 Å². The quantitative estimate of drug-likeness (QED) is 0.851. The zero-order chi connectivity index (χ0) is 17.1. The molecule has 2 amide bonds. The monoisotopic (exact) mass is 371 g/mol. The maximum absolute atomic E-state index is 12.6. The van der Waals surface area contributed by atoms with Crippen LogP contribution in [0.2, 0.25) is 10.0 Å². The van der Waals surface area contributed by atoms with Gasteiger partial charge in [0.15, 0.2) is 0 Å². The first-order chi connectivity index (χ1) is 11.5. The van der Waals surface area contributed by atoms with Crippen LogP contribution >= 0.6 is 23.2 Å². The standard InChI is InChI=1S/C16H19Cl2N3O3/c17-10-6-11(18)8-12(7-10)20-15(22)13-2-1-4-21(13)16(23)14-9-19-3-5-24-14/h6-8,13-14,19H,1-5,9H2,(H,20,22). The Morgan fingerprint density at radius 1 is 1.25 bits per heavy atom. The summed E-state index contributed by atoms with van der Waals surface area (Å²) in [5.74, 6) is -0.369. The Hall–Kier alpha value is -1.34. The van der Waals surface area contributed by atoms with Crippen LogP contribution in [0.1, 0.15) is 12.8 Å². The Kier molecular flexibility index (Phi) is 5.61. The Morgan fingerprint density at radius 3 is 2.67 bits per heavy atom. The summed E-state index contributed by atoms with van der Waals surface area (Å²) in [6.45, 7) is 2.28. The van der Waals surface area contributed by atoms with Crippen molar-refractivity contribution >= 4 is 40.7 Å². The van der Waals surface area contributed by atoms with E-state index in [1.165, 1.54) is 0 Å². The van der Waals surface area contributed by atoms with Crippen LogP contribution in [0.3, 0.4) is 0 Å². The lowest BCUT2D eigenvalue weighted by atomic mass is 10.1. The van der Waals surface area contributed by atoms with Crippen molar-refractivity contribution in [3.63, 3.8) is 0 Å². The number of morpholine rings is 1. The molecular weight excluding hydrogens is 353 g/mol. The van der Waals surface area contributed by atoms with Gasteiger partial charge in [0.2, 0.25) is 5.91 Å². The van der Waals surface area contributed by atoms with Crippen LogP contribution in [0.25, 0.3) is 0 Å². The first-order valence-electron chi connectivity index (χ1n) is 7.94. The van der Waals surface area contributed by atoms with Crippen molar-refractivity contribution in [2.24, 2.45) is 0 Å². The largest absolute Gasteiger partial charge is 0.366 e. The number of amides is 2. The molecule has 2 saturated heterocycles. The van der Waals surface area contributed by atoms with Crippen LogP contribution in [0, 0.1) is 0 Å². The molecular formula is C16H19Cl2N3O3. The van der Waals surface area contributed by atoms with Gasteiger partial charge in [-0.05, 0) is 31.0 Å². The summed E-state index contributed by atoms with van der Waals surface area (Å²) < 4.78 is 5.51. The second-order valence-electron chi connectivity index (χ2n) is 5.90. The van der Waals surface area contributed by atoms with Gasteiger partial charge in [-0.3, -0.25) is 9.59 Å². The molecule has 0 aromatic heterocycles. The summed E-state index contributed by atoms with van der Waals surface area (Å²) in [7, 11) is 0. The minimum atomic E-state index is -0.521. The normalized spacial score (nSPS) is 24.0. The molecule has 24 heavy (non-hydrogen) atoms. The second kappa shape index (κ2) is 7.70. The van der Waals surface area contributed by atoms with E-state index >= 15 is 0 Å². The Balaban J connectivity index is 1.67. The average molecular weight is 372 g/mol. The summed E-state index contributed by atoms with van der Waals surface area (Å²) in [4.78, 5) is 26.8. The first kappa shape index (κ1) is 17.5. The fraction of sp³-hybridized carbons (Fsp3) is 0.500. The highest BCUT2D eigenvalue weighted by molar-refractivity contribution is 6.35. The molecule has 3 rings (SSSR count). The van der Waals surface area contributed by atoms with Crippen LogP contribution in [0.15, 0.2) is 18.2 Å². The summed E-state index contributed by atoms with van der Waals surface area (Å²) in [6, 6.07) is 4.35. The number of rotatable bonds is 3. The summed E-state index contributed by atoms with van der Waals surface area (Å²) in [6.07, 6.45) is 0.902. The van der Waals surface area contributed by atoms with Crippen molar-refractivity contribution in [1.29, 1.82) is 0 Å². The van der Waals surface area contributed by atoms with Gasteiger partial charge < -0.3 is 20.3 Å². The van der Waals surface area contributed by atoms with Crippen molar-refractivity contribution in [2.45, 2.75) is 25.0 Å². The molecule has 0 radical (unpaired) electrons. The van der Waals surface area contributed by atoms with Crippen molar-refractivity contribution in [1.82, 2.24) is 10.2 Å². The number of carbonyl (C=O) groups excluding carboxylic acids is 2. The lowest BCUT2D eigenvalue weighted by Crippen LogP contribution is -2.52. The topological polar surface area (TPSA) is 70.7 Å². The van der Waals surface area contributed by atoms with Gasteiger partial charge in [-0.15, -0.1) is 0 Å². The van der Waals surface area contributed by atoms with E-state index in [0.29, 0.717) is 41.8 Å². The fourth-order valence-corrected chi connectivity index (χ4v) is 3.59. The van der Waals surface area contributed by atoms with Gasteiger partial charge >= 0.3 is 0 Å². The number of halogens is 2. The number of nitrogens with zero attached hydrogens (tertiary/aromatic N) is 1. The van der Waals surface area contributed by atoms with Crippen molar-refractivity contribution in [3.8, 4) is 0 Å². The molecule has 0 saturated carbocycles. The van der Waals surface area contributed by atoms with Gasteiger partial charge in [-0.1, -0.05) is 23.2 Å². The molecule has 2 aliphatic rings. The number of benzene rings is 1. The minimum absolute atomic E-state index is 0.135. The number of ether oxygens (including phenoxy) is 1. The van der Waals surface area contributed by atoms with E-state index in [1.807, 2.05) is 0 Å². The maximum Gasteiger partial charge on any atom is 0.253 e. The molecule has 0 aliphatic carbocycles. The summed E-state index contributed by atoms with van der Waals surface area (Å²) in [5.41, 5.74) is 0.521. The minimum Gasteiger partial charge on any atom is -0.366 e. The number of likely N-dealkylation sites (tertiary alicyclic amines) is 1. The van der Waals surface area contributed by atoms with Gasteiger partial charge in [0.05, 0.1) is 6.61 Å². The summed E-state index contributed by atoms with van der Waals surface area (Å²) in [5, 5.41) is 6.82. The predicted octanol–water partition coefficient (Wildman–Crippen LogP) is 1.91. The Bertz CT molecular complexity index is 615.